The van der Waals surface area contributed by atoms with Gasteiger partial charge in [0.2, 0.25) is 0 Å². The van der Waals surface area contributed by atoms with Crippen molar-refractivity contribution in [1.29, 1.82) is 0 Å². The zero-order valence-corrected chi connectivity index (χ0v) is 10.5. The van der Waals surface area contributed by atoms with Crippen molar-refractivity contribution in [1.82, 2.24) is 4.90 Å². The van der Waals surface area contributed by atoms with Crippen LogP contribution in [-0.2, 0) is 4.79 Å². The molecule has 16 heavy (non-hydrogen) atoms. The molecule has 0 amide bonds. The van der Waals surface area contributed by atoms with Crippen molar-refractivity contribution in [3.05, 3.63) is 12.7 Å². The van der Waals surface area contributed by atoms with Gasteiger partial charge in [0.25, 0.3) is 0 Å². The maximum Gasteiger partial charge on any atom is 0.317 e. The Morgan fingerprint density at radius 1 is 1.38 bits per heavy atom. The van der Waals surface area contributed by atoms with Gasteiger partial charge in [0.1, 0.15) is 0 Å². The van der Waals surface area contributed by atoms with Crippen molar-refractivity contribution in [2.24, 2.45) is 5.92 Å². The molecule has 0 aromatic rings. The Morgan fingerprint density at radius 3 is 2.50 bits per heavy atom. The van der Waals surface area contributed by atoms with E-state index in [1.807, 2.05) is 4.90 Å². The average Bonchev–Trinajstić information content (AvgIpc) is 2.18. The Morgan fingerprint density at radius 2 is 2.00 bits per heavy atom. The number of aliphatic carboxylic acids is 1. The molecule has 3 nitrogen and oxygen atoms in total. The van der Waals surface area contributed by atoms with Gasteiger partial charge in [0.05, 0.1) is 6.54 Å². The highest BCUT2D eigenvalue weighted by Crippen LogP contribution is 2.24. The first-order chi connectivity index (χ1) is 7.22. The molecule has 0 bridgehead atoms. The first-order valence-corrected chi connectivity index (χ1v) is 5.77. The Kier molecular flexibility index (Phi) is 8.30. The number of carbonyl (C=O) groups is 1. The minimum atomic E-state index is -0.743. The van der Waals surface area contributed by atoms with Crippen LogP contribution in [0.25, 0.3) is 0 Å². The molecular weight excluding hydrogens is 226 g/mol. The standard InChI is InChI=1S/C12H21NO2.ClH/c1-2-8-13(10-12(14)15)9-11-6-4-3-5-7-11;/h2,11H,1,3-10H2,(H,14,15);1H. The Labute approximate surface area is 104 Å². The molecule has 1 aliphatic carbocycles. The van der Waals surface area contributed by atoms with E-state index in [0.29, 0.717) is 12.5 Å². The van der Waals surface area contributed by atoms with Crippen molar-refractivity contribution in [3.63, 3.8) is 0 Å². The van der Waals surface area contributed by atoms with Gasteiger partial charge >= 0.3 is 5.97 Å². The normalized spacial score (nSPS) is 16.8. The van der Waals surface area contributed by atoms with E-state index in [9.17, 15) is 4.79 Å². The van der Waals surface area contributed by atoms with Crippen molar-refractivity contribution in [3.8, 4) is 0 Å². The van der Waals surface area contributed by atoms with Gasteiger partial charge in [-0.1, -0.05) is 25.3 Å². The van der Waals surface area contributed by atoms with E-state index in [0.717, 1.165) is 6.54 Å². The second kappa shape index (κ2) is 8.59. The monoisotopic (exact) mass is 247 g/mol. The zero-order chi connectivity index (χ0) is 11.1. The smallest absolute Gasteiger partial charge is 0.317 e. The summed E-state index contributed by atoms with van der Waals surface area (Å²) in [5.41, 5.74) is 0. The summed E-state index contributed by atoms with van der Waals surface area (Å²) in [7, 11) is 0. The summed E-state index contributed by atoms with van der Waals surface area (Å²) in [6.07, 6.45) is 8.25. The molecule has 1 fully saturated rings. The van der Waals surface area contributed by atoms with Crippen molar-refractivity contribution >= 4 is 18.4 Å². The fourth-order valence-electron chi connectivity index (χ4n) is 2.31. The largest absolute Gasteiger partial charge is 0.480 e. The molecule has 0 aromatic carbocycles. The molecule has 0 unspecified atom stereocenters. The van der Waals surface area contributed by atoms with Gasteiger partial charge in [-0.3, -0.25) is 9.69 Å². The summed E-state index contributed by atoms with van der Waals surface area (Å²) >= 11 is 0. The molecule has 0 spiro atoms. The minimum absolute atomic E-state index is 0. The highest BCUT2D eigenvalue weighted by molar-refractivity contribution is 5.85. The van der Waals surface area contributed by atoms with Gasteiger partial charge in [-0.25, -0.2) is 0 Å². The van der Waals surface area contributed by atoms with E-state index in [2.05, 4.69) is 6.58 Å². The van der Waals surface area contributed by atoms with Crippen LogP contribution in [0.2, 0.25) is 0 Å². The molecule has 1 N–H and O–H groups in total. The lowest BCUT2D eigenvalue weighted by Gasteiger charge is -2.27. The number of rotatable bonds is 6. The quantitative estimate of drug-likeness (QED) is 0.734. The van der Waals surface area contributed by atoms with Crippen molar-refractivity contribution in [2.75, 3.05) is 19.6 Å². The van der Waals surface area contributed by atoms with Crippen LogP contribution in [0.5, 0.6) is 0 Å². The van der Waals surface area contributed by atoms with Crippen LogP contribution in [0.15, 0.2) is 12.7 Å². The maximum absolute atomic E-state index is 10.7. The summed E-state index contributed by atoms with van der Waals surface area (Å²) in [4.78, 5) is 12.6. The summed E-state index contributed by atoms with van der Waals surface area (Å²) in [6.45, 7) is 5.41. The maximum atomic E-state index is 10.7. The van der Waals surface area contributed by atoms with Crippen LogP contribution in [0.4, 0.5) is 0 Å². The van der Waals surface area contributed by atoms with Crippen molar-refractivity contribution < 1.29 is 9.90 Å². The molecule has 0 atom stereocenters. The Hall–Kier alpha value is -0.540. The first-order valence-electron chi connectivity index (χ1n) is 5.77. The molecule has 0 aliphatic heterocycles. The van der Waals surface area contributed by atoms with Crippen LogP contribution >= 0.6 is 12.4 Å². The van der Waals surface area contributed by atoms with Gasteiger partial charge in [0, 0.05) is 13.1 Å². The van der Waals surface area contributed by atoms with Crippen LogP contribution in [0.3, 0.4) is 0 Å². The third-order valence-corrected chi connectivity index (χ3v) is 2.99. The first kappa shape index (κ1) is 15.5. The lowest BCUT2D eigenvalue weighted by Crippen LogP contribution is -2.35. The minimum Gasteiger partial charge on any atom is -0.480 e. The molecule has 0 heterocycles. The van der Waals surface area contributed by atoms with E-state index in [1.54, 1.807) is 6.08 Å². The fourth-order valence-corrected chi connectivity index (χ4v) is 2.31. The Bertz CT molecular complexity index is 215. The summed E-state index contributed by atoms with van der Waals surface area (Å²) in [5.74, 6) is -0.0503. The molecule has 0 aromatic heterocycles. The van der Waals surface area contributed by atoms with Gasteiger partial charge < -0.3 is 5.11 Å². The fraction of sp³-hybridized carbons (Fsp3) is 0.750. The van der Waals surface area contributed by atoms with Gasteiger partial charge in [-0.05, 0) is 18.8 Å². The van der Waals surface area contributed by atoms with Crippen LogP contribution in [-0.4, -0.2) is 35.6 Å². The van der Waals surface area contributed by atoms with E-state index < -0.39 is 5.97 Å². The van der Waals surface area contributed by atoms with Gasteiger partial charge in [0.15, 0.2) is 0 Å². The number of hydrogen-bond donors (Lipinski definition) is 1. The van der Waals surface area contributed by atoms with Crippen LogP contribution < -0.4 is 0 Å². The second-order valence-corrected chi connectivity index (χ2v) is 4.38. The highest BCUT2D eigenvalue weighted by atomic mass is 35.5. The van der Waals surface area contributed by atoms with Crippen LogP contribution in [0, 0.1) is 5.92 Å². The predicted octanol–water partition coefficient (Wildman–Crippen LogP) is 2.56. The number of carboxylic acid groups (broad SMARTS) is 1. The summed E-state index contributed by atoms with van der Waals surface area (Å²) in [5, 5.41) is 8.76. The summed E-state index contributed by atoms with van der Waals surface area (Å²) < 4.78 is 0. The number of hydrogen-bond acceptors (Lipinski definition) is 2. The molecule has 4 heteroatoms. The molecule has 1 aliphatic rings. The lowest BCUT2D eigenvalue weighted by atomic mass is 9.89. The molecule has 1 saturated carbocycles. The lowest BCUT2D eigenvalue weighted by molar-refractivity contribution is -0.138. The van der Waals surface area contributed by atoms with E-state index >= 15 is 0 Å². The summed E-state index contributed by atoms with van der Waals surface area (Å²) in [6, 6.07) is 0. The zero-order valence-electron chi connectivity index (χ0n) is 9.73. The molecular formula is C12H22ClNO2. The van der Waals surface area contributed by atoms with Crippen molar-refractivity contribution in [2.45, 2.75) is 32.1 Å². The number of carboxylic acids is 1. The van der Waals surface area contributed by atoms with E-state index in [4.69, 9.17) is 5.11 Å². The van der Waals surface area contributed by atoms with Crippen LogP contribution in [0.1, 0.15) is 32.1 Å². The third-order valence-electron chi connectivity index (χ3n) is 2.99. The third kappa shape index (κ3) is 6.13. The molecule has 0 radical (unpaired) electrons. The highest BCUT2D eigenvalue weighted by Gasteiger charge is 2.17. The van der Waals surface area contributed by atoms with E-state index in [1.165, 1.54) is 32.1 Å². The second-order valence-electron chi connectivity index (χ2n) is 4.38. The average molecular weight is 248 g/mol. The molecule has 1 rings (SSSR count). The van der Waals surface area contributed by atoms with Gasteiger partial charge in [-0.15, -0.1) is 19.0 Å². The Balaban J connectivity index is 0.00000225. The SMILES string of the molecule is C=CCN(CC(=O)O)CC1CCCCC1.Cl. The predicted molar refractivity (Wildman–Crippen MR) is 68.1 cm³/mol. The topological polar surface area (TPSA) is 40.5 Å². The number of halogens is 1. The van der Waals surface area contributed by atoms with Gasteiger partial charge in [-0.2, -0.15) is 0 Å². The van der Waals surface area contributed by atoms with E-state index in [-0.39, 0.29) is 19.0 Å². The molecule has 94 valence electrons. The molecule has 0 saturated heterocycles. The number of nitrogens with zero attached hydrogens (tertiary/aromatic N) is 1.